The highest BCUT2D eigenvalue weighted by atomic mass is 32.1. The zero-order chi connectivity index (χ0) is 9.10. The van der Waals surface area contributed by atoms with E-state index in [1.54, 1.807) is 6.20 Å². The molecule has 1 saturated heterocycles. The van der Waals surface area contributed by atoms with Crippen LogP contribution in [0.15, 0.2) is 11.6 Å². The van der Waals surface area contributed by atoms with Crippen LogP contribution in [0.25, 0.3) is 0 Å². The molecular formula is C9H12N2OS. The SMILES string of the molecule is O=C(c1nccs1)N1CCCCC1. The summed E-state index contributed by atoms with van der Waals surface area (Å²) in [4.78, 5) is 17.7. The highest BCUT2D eigenvalue weighted by Gasteiger charge is 2.19. The van der Waals surface area contributed by atoms with Gasteiger partial charge < -0.3 is 4.90 Å². The molecule has 70 valence electrons. The van der Waals surface area contributed by atoms with Crippen LogP contribution in [0.2, 0.25) is 0 Å². The first-order valence-corrected chi connectivity index (χ1v) is 5.44. The zero-order valence-electron chi connectivity index (χ0n) is 7.40. The fourth-order valence-corrected chi connectivity index (χ4v) is 2.16. The third-order valence-electron chi connectivity index (χ3n) is 2.26. The van der Waals surface area contributed by atoms with Gasteiger partial charge in [-0.05, 0) is 19.3 Å². The van der Waals surface area contributed by atoms with E-state index < -0.39 is 0 Å². The Morgan fingerprint density at radius 2 is 2.15 bits per heavy atom. The average Bonchev–Trinajstić information content (AvgIpc) is 2.71. The molecule has 1 aliphatic rings. The standard InChI is InChI=1S/C9H12N2OS/c12-9(8-10-4-7-13-8)11-5-2-1-3-6-11/h4,7H,1-3,5-6H2. The molecule has 1 aromatic heterocycles. The molecule has 3 nitrogen and oxygen atoms in total. The maximum Gasteiger partial charge on any atom is 0.282 e. The summed E-state index contributed by atoms with van der Waals surface area (Å²) < 4.78 is 0. The highest BCUT2D eigenvalue weighted by molar-refractivity contribution is 7.11. The summed E-state index contributed by atoms with van der Waals surface area (Å²) >= 11 is 1.42. The fraction of sp³-hybridized carbons (Fsp3) is 0.556. The predicted molar refractivity (Wildman–Crippen MR) is 51.9 cm³/mol. The van der Waals surface area contributed by atoms with E-state index in [1.165, 1.54) is 17.8 Å². The molecule has 2 heterocycles. The van der Waals surface area contributed by atoms with Crippen LogP contribution in [0, 0.1) is 0 Å². The number of piperidine rings is 1. The molecule has 0 spiro atoms. The van der Waals surface area contributed by atoms with Crippen LogP contribution >= 0.6 is 11.3 Å². The minimum absolute atomic E-state index is 0.106. The first kappa shape index (κ1) is 8.69. The monoisotopic (exact) mass is 196 g/mol. The molecule has 0 radical (unpaired) electrons. The Bertz CT molecular complexity index is 278. The van der Waals surface area contributed by atoms with Crippen molar-refractivity contribution in [3.8, 4) is 0 Å². The number of nitrogens with zero attached hydrogens (tertiary/aromatic N) is 2. The van der Waals surface area contributed by atoms with Gasteiger partial charge in [0.1, 0.15) is 0 Å². The van der Waals surface area contributed by atoms with Crippen LogP contribution in [-0.2, 0) is 0 Å². The van der Waals surface area contributed by atoms with E-state index in [-0.39, 0.29) is 5.91 Å². The van der Waals surface area contributed by atoms with Crippen molar-refractivity contribution >= 4 is 17.2 Å². The third kappa shape index (κ3) is 1.88. The molecule has 2 rings (SSSR count). The normalized spacial score (nSPS) is 17.4. The number of rotatable bonds is 1. The summed E-state index contributed by atoms with van der Waals surface area (Å²) in [5, 5.41) is 2.47. The molecular weight excluding hydrogens is 184 g/mol. The molecule has 1 aromatic rings. The van der Waals surface area contributed by atoms with Crippen LogP contribution in [-0.4, -0.2) is 28.9 Å². The Morgan fingerprint density at radius 3 is 2.77 bits per heavy atom. The third-order valence-corrected chi connectivity index (χ3v) is 3.02. The highest BCUT2D eigenvalue weighted by Crippen LogP contribution is 2.14. The van der Waals surface area contributed by atoms with Crippen molar-refractivity contribution in [1.82, 2.24) is 9.88 Å². The van der Waals surface area contributed by atoms with Gasteiger partial charge in [0.25, 0.3) is 5.91 Å². The summed E-state index contributed by atoms with van der Waals surface area (Å²) in [6.07, 6.45) is 5.21. The Labute approximate surface area is 81.4 Å². The van der Waals surface area contributed by atoms with Gasteiger partial charge in [0.05, 0.1) is 0 Å². The smallest absolute Gasteiger partial charge is 0.282 e. The number of carbonyl (C=O) groups excluding carboxylic acids is 1. The van der Waals surface area contributed by atoms with Crippen molar-refractivity contribution in [2.24, 2.45) is 0 Å². The molecule has 0 bridgehead atoms. The second kappa shape index (κ2) is 3.87. The maximum absolute atomic E-state index is 11.7. The molecule has 0 saturated carbocycles. The van der Waals surface area contributed by atoms with Gasteiger partial charge in [-0.2, -0.15) is 0 Å². The largest absolute Gasteiger partial charge is 0.337 e. The topological polar surface area (TPSA) is 33.2 Å². The number of hydrogen-bond donors (Lipinski definition) is 0. The molecule has 13 heavy (non-hydrogen) atoms. The van der Waals surface area contributed by atoms with Gasteiger partial charge >= 0.3 is 0 Å². The van der Waals surface area contributed by atoms with E-state index in [0.717, 1.165) is 25.9 Å². The van der Waals surface area contributed by atoms with Crippen LogP contribution in [0.4, 0.5) is 0 Å². The van der Waals surface area contributed by atoms with Gasteiger partial charge in [0.2, 0.25) is 0 Å². The summed E-state index contributed by atoms with van der Waals surface area (Å²) in [7, 11) is 0. The minimum Gasteiger partial charge on any atom is -0.337 e. The van der Waals surface area contributed by atoms with Crippen LogP contribution < -0.4 is 0 Å². The Hall–Kier alpha value is -0.900. The fourth-order valence-electron chi connectivity index (χ4n) is 1.56. The van der Waals surface area contributed by atoms with Crippen molar-refractivity contribution in [3.05, 3.63) is 16.6 Å². The summed E-state index contributed by atoms with van der Waals surface area (Å²) in [6, 6.07) is 0. The van der Waals surface area contributed by atoms with Crippen molar-refractivity contribution in [1.29, 1.82) is 0 Å². The van der Waals surface area contributed by atoms with E-state index in [1.807, 2.05) is 10.3 Å². The second-order valence-electron chi connectivity index (χ2n) is 3.19. The lowest BCUT2D eigenvalue weighted by Gasteiger charge is -2.25. The molecule has 0 N–H and O–H groups in total. The Morgan fingerprint density at radius 1 is 1.38 bits per heavy atom. The maximum atomic E-state index is 11.7. The van der Waals surface area contributed by atoms with Crippen LogP contribution in [0.1, 0.15) is 29.1 Å². The molecule has 4 heteroatoms. The number of thiazole rings is 1. The van der Waals surface area contributed by atoms with Gasteiger partial charge in [0, 0.05) is 24.7 Å². The zero-order valence-corrected chi connectivity index (χ0v) is 8.22. The molecule has 0 aliphatic carbocycles. The number of amides is 1. The first-order valence-electron chi connectivity index (χ1n) is 4.57. The lowest BCUT2D eigenvalue weighted by atomic mass is 10.1. The van der Waals surface area contributed by atoms with E-state index in [0.29, 0.717) is 5.01 Å². The average molecular weight is 196 g/mol. The van der Waals surface area contributed by atoms with Gasteiger partial charge in [-0.15, -0.1) is 11.3 Å². The predicted octanol–water partition coefficient (Wildman–Crippen LogP) is 1.77. The van der Waals surface area contributed by atoms with Gasteiger partial charge in [0.15, 0.2) is 5.01 Å². The van der Waals surface area contributed by atoms with Crippen molar-refractivity contribution < 1.29 is 4.79 Å². The molecule has 0 aromatic carbocycles. The molecule has 1 aliphatic heterocycles. The summed E-state index contributed by atoms with van der Waals surface area (Å²) in [5.41, 5.74) is 0. The lowest BCUT2D eigenvalue weighted by molar-refractivity contribution is 0.0724. The van der Waals surface area contributed by atoms with Gasteiger partial charge in [-0.1, -0.05) is 0 Å². The molecule has 0 unspecified atom stereocenters. The molecule has 1 amide bonds. The van der Waals surface area contributed by atoms with Crippen molar-refractivity contribution in [2.75, 3.05) is 13.1 Å². The van der Waals surface area contributed by atoms with E-state index in [9.17, 15) is 4.79 Å². The van der Waals surface area contributed by atoms with Crippen LogP contribution in [0.3, 0.4) is 0 Å². The van der Waals surface area contributed by atoms with E-state index in [2.05, 4.69) is 4.98 Å². The van der Waals surface area contributed by atoms with Crippen LogP contribution in [0.5, 0.6) is 0 Å². The minimum atomic E-state index is 0.106. The molecule has 0 atom stereocenters. The number of hydrogen-bond acceptors (Lipinski definition) is 3. The number of likely N-dealkylation sites (tertiary alicyclic amines) is 1. The molecule has 1 fully saturated rings. The second-order valence-corrected chi connectivity index (χ2v) is 4.08. The summed E-state index contributed by atoms with van der Waals surface area (Å²) in [5.74, 6) is 0.106. The Balaban J connectivity index is 2.04. The first-order chi connectivity index (χ1) is 6.38. The Kier molecular flexibility index (Phi) is 2.59. The van der Waals surface area contributed by atoms with Crippen molar-refractivity contribution in [2.45, 2.75) is 19.3 Å². The number of carbonyl (C=O) groups is 1. The van der Waals surface area contributed by atoms with Gasteiger partial charge in [-0.25, -0.2) is 4.98 Å². The number of aromatic nitrogens is 1. The van der Waals surface area contributed by atoms with Gasteiger partial charge in [-0.3, -0.25) is 4.79 Å². The lowest BCUT2D eigenvalue weighted by Crippen LogP contribution is -2.35. The van der Waals surface area contributed by atoms with E-state index in [4.69, 9.17) is 0 Å². The quantitative estimate of drug-likeness (QED) is 0.686. The summed E-state index contributed by atoms with van der Waals surface area (Å²) in [6.45, 7) is 1.80. The van der Waals surface area contributed by atoms with E-state index >= 15 is 0 Å². The van der Waals surface area contributed by atoms with Crippen molar-refractivity contribution in [3.63, 3.8) is 0 Å².